The van der Waals surface area contributed by atoms with Crippen LogP contribution in [0.3, 0.4) is 0 Å². The van der Waals surface area contributed by atoms with Crippen molar-refractivity contribution < 1.29 is 0 Å². The van der Waals surface area contributed by atoms with E-state index in [1.54, 1.807) is 0 Å². The third-order valence-electron chi connectivity index (χ3n) is 3.65. The summed E-state index contributed by atoms with van der Waals surface area (Å²) in [5.41, 5.74) is 4.83. The van der Waals surface area contributed by atoms with Gasteiger partial charge in [-0.1, -0.05) is 31.2 Å². The zero-order chi connectivity index (χ0) is 14.5. The molecular formula is C17H23N3. The van der Waals surface area contributed by atoms with Crippen LogP contribution in [0.2, 0.25) is 0 Å². The van der Waals surface area contributed by atoms with E-state index in [9.17, 15) is 0 Å². The third kappa shape index (κ3) is 3.42. The van der Waals surface area contributed by atoms with E-state index >= 15 is 0 Å². The summed E-state index contributed by atoms with van der Waals surface area (Å²) in [6, 6.07) is 8.70. The van der Waals surface area contributed by atoms with E-state index in [-0.39, 0.29) is 0 Å². The maximum atomic E-state index is 4.66. The lowest BCUT2D eigenvalue weighted by atomic mass is 10.0. The predicted octanol–water partition coefficient (Wildman–Crippen LogP) is 3.35. The van der Waals surface area contributed by atoms with Gasteiger partial charge in [-0.3, -0.25) is 0 Å². The Balaban J connectivity index is 2.19. The Hall–Kier alpha value is -1.74. The molecule has 3 heteroatoms. The van der Waals surface area contributed by atoms with Gasteiger partial charge in [0, 0.05) is 29.9 Å². The molecule has 106 valence electrons. The number of aromatic nitrogens is 2. The quantitative estimate of drug-likeness (QED) is 0.904. The second kappa shape index (κ2) is 6.62. The van der Waals surface area contributed by atoms with E-state index < -0.39 is 0 Å². The monoisotopic (exact) mass is 269 g/mol. The summed E-state index contributed by atoms with van der Waals surface area (Å²) >= 11 is 0. The highest BCUT2D eigenvalue weighted by atomic mass is 14.9. The number of nitrogens with zero attached hydrogens (tertiary/aromatic N) is 2. The molecule has 1 aromatic carbocycles. The van der Waals surface area contributed by atoms with E-state index in [0.29, 0.717) is 6.04 Å². The van der Waals surface area contributed by atoms with Gasteiger partial charge in [0.2, 0.25) is 0 Å². The van der Waals surface area contributed by atoms with Crippen LogP contribution in [-0.2, 0) is 6.42 Å². The van der Waals surface area contributed by atoms with Gasteiger partial charge >= 0.3 is 0 Å². The molecule has 0 saturated carbocycles. The summed E-state index contributed by atoms with van der Waals surface area (Å²) in [6.45, 7) is 9.40. The Kier molecular flexibility index (Phi) is 4.85. The van der Waals surface area contributed by atoms with Crippen LogP contribution in [0.1, 0.15) is 48.1 Å². The van der Waals surface area contributed by atoms with Crippen molar-refractivity contribution in [2.75, 3.05) is 6.54 Å². The van der Waals surface area contributed by atoms with Crippen LogP contribution in [0.5, 0.6) is 0 Å². The molecule has 0 aliphatic carbocycles. The Labute approximate surface area is 121 Å². The van der Waals surface area contributed by atoms with Crippen LogP contribution in [-0.4, -0.2) is 16.5 Å². The molecule has 3 nitrogen and oxygen atoms in total. The maximum absolute atomic E-state index is 4.66. The van der Waals surface area contributed by atoms with Crippen molar-refractivity contribution in [1.82, 2.24) is 15.3 Å². The molecule has 1 unspecified atom stereocenters. The van der Waals surface area contributed by atoms with Crippen LogP contribution in [0, 0.1) is 13.8 Å². The van der Waals surface area contributed by atoms with Crippen molar-refractivity contribution >= 4 is 0 Å². The van der Waals surface area contributed by atoms with Crippen molar-refractivity contribution in [3.63, 3.8) is 0 Å². The molecule has 0 spiro atoms. The first kappa shape index (κ1) is 14.7. The minimum Gasteiger partial charge on any atom is -0.310 e. The van der Waals surface area contributed by atoms with Crippen molar-refractivity contribution in [2.24, 2.45) is 0 Å². The van der Waals surface area contributed by atoms with Crippen molar-refractivity contribution in [1.29, 1.82) is 0 Å². The van der Waals surface area contributed by atoms with E-state index in [0.717, 1.165) is 24.5 Å². The zero-order valence-corrected chi connectivity index (χ0v) is 12.8. The van der Waals surface area contributed by atoms with Gasteiger partial charge in [-0.2, -0.15) is 0 Å². The first-order valence-corrected chi connectivity index (χ1v) is 7.22. The van der Waals surface area contributed by atoms with Gasteiger partial charge in [-0.05, 0) is 38.4 Å². The Morgan fingerprint density at radius 3 is 2.60 bits per heavy atom. The number of rotatable bonds is 5. The van der Waals surface area contributed by atoms with Gasteiger partial charge in [0.1, 0.15) is 5.82 Å². The molecule has 0 fully saturated rings. The fourth-order valence-corrected chi connectivity index (χ4v) is 2.43. The Morgan fingerprint density at radius 1 is 1.20 bits per heavy atom. The highest BCUT2D eigenvalue weighted by Gasteiger charge is 2.10. The van der Waals surface area contributed by atoms with Gasteiger partial charge in [-0.25, -0.2) is 9.97 Å². The summed E-state index contributed by atoms with van der Waals surface area (Å²) in [5, 5.41) is 3.40. The average molecular weight is 269 g/mol. The summed E-state index contributed by atoms with van der Waals surface area (Å²) in [5.74, 6) is 0.893. The molecule has 1 N–H and O–H groups in total. The second-order valence-corrected chi connectivity index (χ2v) is 5.21. The molecule has 0 aliphatic rings. The summed E-state index contributed by atoms with van der Waals surface area (Å²) in [4.78, 5) is 9.19. The standard InChI is InChI=1S/C17H23N3/c1-5-18-13(3)16-11-19-17(20-14(16)4)10-15-9-7-6-8-12(15)2/h6-9,11,13,18H,5,10H2,1-4H3. The Morgan fingerprint density at radius 2 is 1.95 bits per heavy atom. The molecule has 1 aromatic heterocycles. The molecule has 1 heterocycles. The van der Waals surface area contributed by atoms with E-state index in [1.165, 1.54) is 16.7 Å². The fraction of sp³-hybridized carbons (Fsp3) is 0.412. The summed E-state index contributed by atoms with van der Waals surface area (Å²) < 4.78 is 0. The van der Waals surface area contributed by atoms with Crippen LogP contribution < -0.4 is 5.32 Å². The molecule has 0 saturated heterocycles. The molecule has 1 atom stereocenters. The molecule has 0 aliphatic heterocycles. The number of nitrogens with one attached hydrogen (secondary N) is 1. The lowest BCUT2D eigenvalue weighted by molar-refractivity contribution is 0.588. The average Bonchev–Trinajstić information content (AvgIpc) is 2.42. The highest BCUT2D eigenvalue weighted by Crippen LogP contribution is 2.16. The van der Waals surface area contributed by atoms with Crippen LogP contribution in [0.4, 0.5) is 0 Å². The van der Waals surface area contributed by atoms with E-state index in [4.69, 9.17) is 0 Å². The van der Waals surface area contributed by atoms with Gasteiger partial charge in [0.25, 0.3) is 0 Å². The molecule has 2 aromatic rings. The number of benzene rings is 1. The zero-order valence-electron chi connectivity index (χ0n) is 12.8. The number of aryl methyl sites for hydroxylation is 2. The fourth-order valence-electron chi connectivity index (χ4n) is 2.43. The van der Waals surface area contributed by atoms with Gasteiger partial charge in [0.05, 0.1) is 0 Å². The topological polar surface area (TPSA) is 37.8 Å². The number of hydrogen-bond donors (Lipinski definition) is 1. The maximum Gasteiger partial charge on any atom is 0.132 e. The van der Waals surface area contributed by atoms with Gasteiger partial charge in [0.15, 0.2) is 0 Å². The van der Waals surface area contributed by atoms with Crippen molar-refractivity contribution in [2.45, 2.75) is 40.2 Å². The molecule has 0 radical (unpaired) electrons. The third-order valence-corrected chi connectivity index (χ3v) is 3.65. The van der Waals surface area contributed by atoms with Crippen molar-refractivity contribution in [3.8, 4) is 0 Å². The van der Waals surface area contributed by atoms with Crippen LogP contribution in [0.25, 0.3) is 0 Å². The lowest BCUT2D eigenvalue weighted by Gasteiger charge is -2.15. The summed E-state index contributed by atoms with van der Waals surface area (Å²) in [6.07, 6.45) is 2.76. The molecule has 2 rings (SSSR count). The first-order valence-electron chi connectivity index (χ1n) is 7.22. The van der Waals surface area contributed by atoms with Crippen LogP contribution in [0.15, 0.2) is 30.5 Å². The molecule has 0 bridgehead atoms. The van der Waals surface area contributed by atoms with Gasteiger partial charge < -0.3 is 5.32 Å². The smallest absolute Gasteiger partial charge is 0.132 e. The van der Waals surface area contributed by atoms with Crippen LogP contribution >= 0.6 is 0 Å². The minimum absolute atomic E-state index is 0.299. The minimum atomic E-state index is 0.299. The Bertz CT molecular complexity index is 578. The van der Waals surface area contributed by atoms with E-state index in [2.05, 4.69) is 67.2 Å². The van der Waals surface area contributed by atoms with E-state index in [1.807, 2.05) is 6.20 Å². The predicted molar refractivity (Wildman–Crippen MR) is 82.8 cm³/mol. The first-order chi connectivity index (χ1) is 9.61. The number of hydrogen-bond acceptors (Lipinski definition) is 3. The largest absolute Gasteiger partial charge is 0.310 e. The summed E-state index contributed by atoms with van der Waals surface area (Å²) in [7, 11) is 0. The molecule has 20 heavy (non-hydrogen) atoms. The second-order valence-electron chi connectivity index (χ2n) is 5.21. The molecule has 0 amide bonds. The SMILES string of the molecule is CCNC(C)c1cnc(Cc2ccccc2C)nc1C. The normalized spacial score (nSPS) is 12.4. The highest BCUT2D eigenvalue weighted by molar-refractivity contribution is 5.29. The lowest BCUT2D eigenvalue weighted by Crippen LogP contribution is -2.19. The molecular weight excluding hydrogens is 246 g/mol. The van der Waals surface area contributed by atoms with Crippen molar-refractivity contribution in [3.05, 3.63) is 58.7 Å². The van der Waals surface area contributed by atoms with Gasteiger partial charge in [-0.15, -0.1) is 0 Å².